The summed E-state index contributed by atoms with van der Waals surface area (Å²) in [6.45, 7) is 12.8. The van der Waals surface area contributed by atoms with Crippen LogP contribution < -0.4 is 0 Å². The fourth-order valence-electron chi connectivity index (χ4n) is 4.40. The Kier molecular flexibility index (Phi) is 10.2. The van der Waals surface area contributed by atoms with Crippen LogP contribution in [0.25, 0.3) is 6.08 Å². The molecule has 0 aliphatic carbocycles. The lowest BCUT2D eigenvalue weighted by Crippen LogP contribution is -2.45. The molecule has 3 unspecified atom stereocenters. The number of thiazole rings is 1. The number of carbonyl (C=O) groups excluding carboxylic acids is 2. The van der Waals surface area contributed by atoms with Gasteiger partial charge in [0.15, 0.2) is 0 Å². The van der Waals surface area contributed by atoms with Gasteiger partial charge in [-0.2, -0.15) is 0 Å². The lowest BCUT2D eigenvalue weighted by molar-refractivity contribution is -0.154. The number of rotatable bonds is 2. The number of nitrogens with zero attached hydrogens (tertiary/aromatic N) is 1. The Balaban J connectivity index is 2.33. The Hall–Kier alpha value is -1.83. The average Bonchev–Trinajstić information content (AvgIpc) is 3.18. The van der Waals surface area contributed by atoms with Gasteiger partial charge in [0, 0.05) is 17.7 Å². The van der Waals surface area contributed by atoms with Gasteiger partial charge in [0.1, 0.15) is 11.9 Å². The highest BCUT2D eigenvalue weighted by molar-refractivity contribution is 7.09. The van der Waals surface area contributed by atoms with Gasteiger partial charge in [-0.05, 0) is 57.6 Å². The van der Waals surface area contributed by atoms with Crippen LogP contribution in [0, 0.1) is 24.2 Å². The molecule has 2 rings (SSSR count). The van der Waals surface area contributed by atoms with Crippen molar-refractivity contribution in [2.24, 2.45) is 17.3 Å². The number of aromatic nitrogens is 1. The van der Waals surface area contributed by atoms with Crippen LogP contribution >= 0.6 is 11.3 Å². The first-order valence-corrected chi connectivity index (χ1v) is 13.1. The highest BCUT2D eigenvalue weighted by Crippen LogP contribution is 2.32. The second-order valence-corrected chi connectivity index (χ2v) is 11.5. The summed E-state index contributed by atoms with van der Waals surface area (Å²) < 4.78 is 5.81. The Bertz CT molecular complexity index is 916. The average molecular weight is 492 g/mol. The molecule has 0 bridgehead atoms. The van der Waals surface area contributed by atoms with Gasteiger partial charge < -0.3 is 14.9 Å². The van der Waals surface area contributed by atoms with E-state index in [4.69, 9.17) is 4.74 Å². The largest absolute Gasteiger partial charge is 0.457 e. The van der Waals surface area contributed by atoms with Crippen molar-refractivity contribution in [2.45, 2.75) is 98.9 Å². The number of ketones is 1. The van der Waals surface area contributed by atoms with Crippen LogP contribution in [0.3, 0.4) is 0 Å². The monoisotopic (exact) mass is 491 g/mol. The Labute approximate surface area is 208 Å². The minimum absolute atomic E-state index is 0.0444. The third kappa shape index (κ3) is 7.59. The second-order valence-electron chi connectivity index (χ2n) is 10.4. The lowest BCUT2D eigenvalue weighted by atomic mass is 9.73. The summed E-state index contributed by atoms with van der Waals surface area (Å²) in [5.74, 6) is -1.49. The molecule has 0 fully saturated rings. The van der Waals surface area contributed by atoms with Gasteiger partial charge in [0.05, 0.1) is 34.7 Å². The van der Waals surface area contributed by atoms with Crippen molar-refractivity contribution >= 4 is 29.2 Å². The Morgan fingerprint density at radius 1 is 1.24 bits per heavy atom. The van der Waals surface area contributed by atoms with Gasteiger partial charge in [-0.3, -0.25) is 9.59 Å². The normalized spacial score (nSPS) is 32.1. The quantitative estimate of drug-likeness (QED) is 0.432. The van der Waals surface area contributed by atoms with Crippen LogP contribution in [0.5, 0.6) is 0 Å². The van der Waals surface area contributed by atoms with E-state index in [-0.39, 0.29) is 18.1 Å². The molecule has 1 aromatic heterocycles. The van der Waals surface area contributed by atoms with E-state index in [0.717, 1.165) is 35.5 Å². The smallest absolute Gasteiger partial charge is 0.309 e. The minimum Gasteiger partial charge on any atom is -0.457 e. The van der Waals surface area contributed by atoms with Crippen LogP contribution in [0.4, 0.5) is 0 Å². The number of aryl methyl sites for hydroxylation is 1. The van der Waals surface area contributed by atoms with Crippen LogP contribution in [-0.4, -0.2) is 45.3 Å². The molecular weight excluding hydrogens is 450 g/mol. The first kappa shape index (κ1) is 28.4. The minimum atomic E-state index is -1.21. The van der Waals surface area contributed by atoms with Crippen molar-refractivity contribution in [1.82, 2.24) is 4.98 Å². The number of hydrogen-bond acceptors (Lipinski definition) is 7. The number of carbonyl (C=O) groups is 2. The molecule has 2 heterocycles. The molecular formula is C27H41NO5S. The molecule has 34 heavy (non-hydrogen) atoms. The van der Waals surface area contributed by atoms with Gasteiger partial charge >= 0.3 is 5.97 Å². The zero-order valence-corrected chi connectivity index (χ0v) is 22.4. The molecule has 1 aliphatic heterocycles. The molecule has 0 saturated carbocycles. The number of allylic oxidation sites excluding steroid dienone is 1. The number of esters is 1. The predicted octanol–water partition coefficient (Wildman–Crippen LogP) is 5.27. The molecule has 7 heteroatoms. The fourth-order valence-corrected chi connectivity index (χ4v) is 4.97. The zero-order chi connectivity index (χ0) is 25.6. The van der Waals surface area contributed by atoms with Crippen LogP contribution in [0.15, 0.2) is 22.6 Å². The van der Waals surface area contributed by atoms with E-state index < -0.39 is 35.6 Å². The summed E-state index contributed by atoms with van der Waals surface area (Å²) in [5.41, 5.74) is 1.71. The third-order valence-corrected chi connectivity index (χ3v) is 7.83. The Morgan fingerprint density at radius 3 is 2.53 bits per heavy atom. The summed E-state index contributed by atoms with van der Waals surface area (Å²) in [6.07, 6.45) is 4.33. The molecule has 0 saturated heterocycles. The lowest BCUT2D eigenvalue weighted by Gasteiger charge is -2.34. The van der Waals surface area contributed by atoms with Crippen molar-refractivity contribution in [3.63, 3.8) is 0 Å². The number of ether oxygens (including phenoxy) is 1. The maximum atomic E-state index is 13.2. The SMILES string of the molecule is C/C1=C\C[C@@H](/C(C)=C/c2csc(C)n2)OC(=O)CC(O)C(C)(C)C(=O)C(C)[C@@H](O)C(C)CCC1. The highest BCUT2D eigenvalue weighted by Gasteiger charge is 2.42. The first-order chi connectivity index (χ1) is 15.8. The number of aliphatic hydroxyl groups excluding tert-OH is 2. The van der Waals surface area contributed by atoms with Gasteiger partial charge in [-0.15, -0.1) is 11.3 Å². The van der Waals surface area contributed by atoms with E-state index in [2.05, 4.69) is 18.0 Å². The van der Waals surface area contributed by atoms with E-state index in [1.54, 1.807) is 32.1 Å². The third-order valence-electron chi connectivity index (χ3n) is 7.04. The van der Waals surface area contributed by atoms with E-state index in [1.165, 1.54) is 5.57 Å². The highest BCUT2D eigenvalue weighted by atomic mass is 32.1. The van der Waals surface area contributed by atoms with Crippen LogP contribution in [-0.2, 0) is 14.3 Å². The van der Waals surface area contributed by atoms with Crippen LogP contribution in [0.1, 0.15) is 84.3 Å². The number of Topliss-reactive ketones (excluding diaryl/α,β-unsaturated/α-hetero) is 1. The molecule has 1 aliphatic rings. The molecule has 1 aromatic rings. The topological polar surface area (TPSA) is 96.7 Å². The first-order valence-electron chi connectivity index (χ1n) is 12.2. The number of cyclic esters (lactones) is 1. The van der Waals surface area contributed by atoms with Gasteiger partial charge in [0.2, 0.25) is 0 Å². The number of hydrogen-bond donors (Lipinski definition) is 2. The van der Waals surface area contributed by atoms with E-state index >= 15 is 0 Å². The van der Waals surface area contributed by atoms with Gasteiger partial charge in [-0.25, -0.2) is 4.98 Å². The van der Waals surface area contributed by atoms with Crippen LogP contribution in [0.2, 0.25) is 0 Å². The summed E-state index contributed by atoms with van der Waals surface area (Å²) in [6, 6.07) is 0. The summed E-state index contributed by atoms with van der Waals surface area (Å²) in [7, 11) is 0. The van der Waals surface area contributed by atoms with E-state index in [0.29, 0.717) is 6.42 Å². The molecule has 6 nitrogen and oxygen atoms in total. The van der Waals surface area contributed by atoms with Crippen molar-refractivity contribution in [1.29, 1.82) is 0 Å². The summed E-state index contributed by atoms with van der Waals surface area (Å²) in [4.78, 5) is 30.5. The molecule has 0 spiro atoms. The summed E-state index contributed by atoms with van der Waals surface area (Å²) >= 11 is 1.56. The Morgan fingerprint density at radius 2 is 1.91 bits per heavy atom. The molecule has 190 valence electrons. The summed E-state index contributed by atoms with van der Waals surface area (Å²) in [5, 5.41) is 24.5. The van der Waals surface area contributed by atoms with Crippen molar-refractivity contribution in [2.75, 3.05) is 0 Å². The van der Waals surface area contributed by atoms with Crippen molar-refractivity contribution < 1.29 is 24.5 Å². The molecule has 0 amide bonds. The van der Waals surface area contributed by atoms with Gasteiger partial charge in [-0.1, -0.05) is 39.3 Å². The molecule has 0 aromatic carbocycles. The number of aliphatic hydroxyl groups is 2. The maximum Gasteiger partial charge on any atom is 0.309 e. The van der Waals surface area contributed by atoms with Gasteiger partial charge in [0.25, 0.3) is 0 Å². The van der Waals surface area contributed by atoms with E-state index in [1.807, 2.05) is 32.2 Å². The van der Waals surface area contributed by atoms with Crippen molar-refractivity contribution in [3.05, 3.63) is 33.3 Å². The second kappa shape index (κ2) is 12.2. The molecule has 5 atom stereocenters. The molecule has 2 N–H and O–H groups in total. The fraction of sp³-hybridized carbons (Fsp3) is 0.667. The predicted molar refractivity (Wildman–Crippen MR) is 136 cm³/mol. The maximum absolute atomic E-state index is 13.2. The van der Waals surface area contributed by atoms with E-state index in [9.17, 15) is 19.8 Å². The molecule has 0 radical (unpaired) electrons. The van der Waals surface area contributed by atoms with Crippen molar-refractivity contribution in [3.8, 4) is 0 Å². The standard InChI is InChI=1S/C27H41NO5S/c1-16-9-8-10-17(2)25(31)19(4)26(32)27(6,7)23(29)14-24(30)33-22(12-11-16)18(3)13-21-15-34-20(5)28-21/h11,13,15,17,19,22-23,25,29,31H,8-10,12,14H2,1-7H3/b16-11+,18-13+/t17?,19?,22-,23?,25-/m0/s1. The zero-order valence-electron chi connectivity index (χ0n) is 21.6.